The Morgan fingerprint density at radius 2 is 2.11 bits per heavy atom. The van der Waals surface area contributed by atoms with Crippen LogP contribution in [0.25, 0.3) is 5.65 Å². The van der Waals surface area contributed by atoms with Gasteiger partial charge in [-0.05, 0) is 29.8 Å². The van der Waals surface area contributed by atoms with Crippen molar-refractivity contribution in [3.05, 3.63) is 58.0 Å². The molecule has 5 heterocycles. The topological polar surface area (TPSA) is 176 Å². The van der Waals surface area contributed by atoms with Crippen molar-refractivity contribution in [3.8, 4) is 0 Å². The molecule has 2 amide bonds. The standard InChI is InChI=1S/C21H19N7O7S2.Na/c1-26-21(33)28-12(23-26)5-6-13(24-28)36-8-10-9-37-19-15(18(30)27(19)16(10)20(31)32)22-17(29)14(25-34-2)11-4-3-7-35-11;/h3-7,15,19H,8-9H2,1-2H3,(H,22,29)(H,31,32);/q;+1/p-1/b25-14-;/t15?,19-;/m1./s1. The molecule has 1 saturated heterocycles. The number of rotatable bonds is 8. The van der Waals surface area contributed by atoms with Gasteiger partial charge in [-0.3, -0.25) is 14.5 Å². The minimum Gasteiger partial charge on any atom is -0.543 e. The molecular formula is C21H18N7NaO7S2. The molecule has 0 saturated carbocycles. The molecule has 0 bridgehead atoms. The quantitative estimate of drug-likeness (QED) is 0.0914. The van der Waals surface area contributed by atoms with E-state index in [2.05, 4.69) is 20.7 Å². The van der Waals surface area contributed by atoms with Gasteiger partial charge in [-0.25, -0.2) is 9.48 Å². The molecular weight excluding hydrogens is 549 g/mol. The zero-order valence-corrected chi connectivity index (χ0v) is 23.9. The van der Waals surface area contributed by atoms with Crippen LogP contribution in [-0.2, 0) is 26.3 Å². The molecule has 3 aromatic heterocycles. The minimum absolute atomic E-state index is 0. The largest absolute Gasteiger partial charge is 1.00 e. The van der Waals surface area contributed by atoms with Gasteiger partial charge in [0.15, 0.2) is 11.4 Å². The third kappa shape index (κ3) is 5.01. The second-order valence-electron chi connectivity index (χ2n) is 7.84. The Bertz CT molecular complexity index is 1530. The summed E-state index contributed by atoms with van der Waals surface area (Å²) in [4.78, 5) is 55.7. The first-order valence-electron chi connectivity index (χ1n) is 10.7. The zero-order valence-electron chi connectivity index (χ0n) is 20.3. The summed E-state index contributed by atoms with van der Waals surface area (Å²) in [5.41, 5.74) is 0.0375. The maximum atomic E-state index is 12.9. The molecule has 38 heavy (non-hydrogen) atoms. The van der Waals surface area contributed by atoms with Crippen molar-refractivity contribution < 1.29 is 58.3 Å². The zero-order chi connectivity index (χ0) is 26.3. The Labute approximate surface area is 244 Å². The molecule has 0 radical (unpaired) electrons. The summed E-state index contributed by atoms with van der Waals surface area (Å²) in [6, 6.07) is 5.41. The van der Waals surface area contributed by atoms with E-state index in [0.717, 1.165) is 14.1 Å². The molecule has 0 aromatic carbocycles. The first-order chi connectivity index (χ1) is 17.8. The first-order valence-corrected chi connectivity index (χ1v) is 12.7. The van der Waals surface area contributed by atoms with E-state index in [4.69, 9.17) is 9.25 Å². The van der Waals surface area contributed by atoms with E-state index in [9.17, 15) is 24.3 Å². The Kier molecular flexibility index (Phi) is 8.37. The number of hydrogen-bond acceptors (Lipinski definition) is 12. The molecule has 5 rings (SSSR count). The van der Waals surface area contributed by atoms with Crippen molar-refractivity contribution in [3.63, 3.8) is 0 Å². The number of carbonyl (C=O) groups is 3. The third-order valence-electron chi connectivity index (χ3n) is 5.57. The number of fused-ring (bicyclic) bond motifs is 2. The third-order valence-corrected chi connectivity index (χ3v) is 7.92. The number of carboxylic acid groups (broad SMARTS) is 1. The van der Waals surface area contributed by atoms with Crippen molar-refractivity contribution in [2.45, 2.75) is 16.4 Å². The number of amides is 2. The molecule has 1 unspecified atom stereocenters. The number of aromatic nitrogens is 4. The van der Waals surface area contributed by atoms with Gasteiger partial charge in [-0.1, -0.05) is 5.16 Å². The van der Waals surface area contributed by atoms with E-state index < -0.39 is 34.9 Å². The maximum Gasteiger partial charge on any atom is 1.00 e. The van der Waals surface area contributed by atoms with Gasteiger partial charge in [0.05, 0.1) is 17.9 Å². The molecule has 3 aromatic rings. The van der Waals surface area contributed by atoms with Gasteiger partial charge in [0.1, 0.15) is 23.6 Å². The molecule has 1 N–H and O–H groups in total. The van der Waals surface area contributed by atoms with Crippen molar-refractivity contribution in [1.29, 1.82) is 0 Å². The van der Waals surface area contributed by atoms with Crippen LogP contribution in [0.2, 0.25) is 0 Å². The fraction of sp³-hybridized carbons (Fsp3) is 0.286. The molecule has 14 nitrogen and oxygen atoms in total. The summed E-state index contributed by atoms with van der Waals surface area (Å²) in [5.74, 6) is -2.17. The second-order valence-corrected chi connectivity index (χ2v) is 9.94. The Hall–Kier alpha value is -3.05. The molecule has 17 heteroatoms. The van der Waals surface area contributed by atoms with E-state index in [1.54, 1.807) is 18.2 Å². The molecule has 0 spiro atoms. The fourth-order valence-corrected chi connectivity index (χ4v) is 6.22. The van der Waals surface area contributed by atoms with Gasteiger partial charge in [0.2, 0.25) is 5.71 Å². The molecule has 2 aliphatic heterocycles. The van der Waals surface area contributed by atoms with Crippen LogP contribution in [0.4, 0.5) is 0 Å². The summed E-state index contributed by atoms with van der Waals surface area (Å²) in [6.45, 7) is 0. The molecule has 0 aliphatic carbocycles. The van der Waals surface area contributed by atoms with Crippen molar-refractivity contribution >= 4 is 52.7 Å². The SMILES string of the molecule is CO/N=C(\C(=O)NC1C(=O)N2C(C(=O)[O-])=C(CSc3ccc4nn(C)c(=O)n4n3)CS[C@H]12)c1ccco1.[Na+]. The van der Waals surface area contributed by atoms with Gasteiger partial charge in [-0.2, -0.15) is 9.61 Å². The number of hydrogen-bond donors (Lipinski definition) is 1. The number of aryl methyl sites for hydroxylation is 1. The summed E-state index contributed by atoms with van der Waals surface area (Å²) >= 11 is 2.52. The second kappa shape index (κ2) is 11.4. The normalized spacial score (nSPS) is 19.1. The predicted octanol–water partition coefficient (Wildman–Crippen LogP) is -4.43. The van der Waals surface area contributed by atoms with Crippen LogP contribution >= 0.6 is 23.5 Å². The van der Waals surface area contributed by atoms with Crippen LogP contribution in [0.5, 0.6) is 0 Å². The molecule has 192 valence electrons. The van der Waals surface area contributed by atoms with Crippen LogP contribution in [0.15, 0.2) is 61.2 Å². The Balaban J connectivity index is 0.00000336. The number of aliphatic carboxylic acids is 1. The number of carbonyl (C=O) groups excluding carboxylic acids is 3. The number of nitrogens with zero attached hydrogens (tertiary/aromatic N) is 6. The molecule has 2 atom stereocenters. The van der Waals surface area contributed by atoms with Crippen LogP contribution in [0, 0.1) is 0 Å². The van der Waals surface area contributed by atoms with Crippen LogP contribution in [-0.4, -0.2) is 77.8 Å². The first kappa shape index (κ1) is 28.0. The average Bonchev–Trinajstić information content (AvgIpc) is 3.51. The fourth-order valence-electron chi connectivity index (χ4n) is 3.88. The Morgan fingerprint density at radius 1 is 1.32 bits per heavy atom. The van der Waals surface area contributed by atoms with Crippen molar-refractivity contribution in [2.24, 2.45) is 12.2 Å². The van der Waals surface area contributed by atoms with E-state index >= 15 is 0 Å². The van der Waals surface area contributed by atoms with E-state index in [-0.39, 0.29) is 58.2 Å². The minimum atomic E-state index is -1.50. The number of oxime groups is 1. The summed E-state index contributed by atoms with van der Waals surface area (Å²) in [7, 11) is 2.78. The van der Waals surface area contributed by atoms with Crippen LogP contribution in [0.3, 0.4) is 0 Å². The van der Waals surface area contributed by atoms with Crippen molar-refractivity contribution in [1.82, 2.24) is 29.6 Å². The molecule has 1 fully saturated rings. The summed E-state index contributed by atoms with van der Waals surface area (Å²) < 4.78 is 7.51. The predicted molar refractivity (Wildman–Crippen MR) is 128 cm³/mol. The summed E-state index contributed by atoms with van der Waals surface area (Å²) in [5, 5.41) is 26.4. The maximum absolute atomic E-state index is 12.9. The molecule has 2 aliphatic rings. The van der Waals surface area contributed by atoms with Gasteiger partial charge in [0.25, 0.3) is 11.8 Å². The average molecular weight is 568 g/mol. The van der Waals surface area contributed by atoms with Gasteiger partial charge >= 0.3 is 35.2 Å². The van der Waals surface area contributed by atoms with Gasteiger partial charge < -0.3 is 24.5 Å². The van der Waals surface area contributed by atoms with Gasteiger partial charge in [-0.15, -0.1) is 28.6 Å². The summed E-state index contributed by atoms with van der Waals surface area (Å²) in [6.07, 6.45) is 1.36. The van der Waals surface area contributed by atoms with Crippen LogP contribution < -0.4 is 45.7 Å². The number of furan rings is 1. The smallest absolute Gasteiger partial charge is 0.543 e. The van der Waals surface area contributed by atoms with Crippen LogP contribution in [0.1, 0.15) is 5.76 Å². The van der Waals surface area contributed by atoms with Gasteiger partial charge in [0, 0.05) is 18.6 Å². The van der Waals surface area contributed by atoms with Crippen molar-refractivity contribution in [2.75, 3.05) is 18.6 Å². The van der Waals surface area contributed by atoms with E-state index in [1.807, 2.05) is 0 Å². The van der Waals surface area contributed by atoms with E-state index in [0.29, 0.717) is 16.2 Å². The number of β-lactam (4-membered cyclic amide) rings is 1. The number of carboxylic acids is 1. The monoisotopic (exact) mass is 567 g/mol. The Morgan fingerprint density at radius 3 is 2.79 bits per heavy atom. The number of thioether (sulfide) groups is 2. The van der Waals surface area contributed by atoms with E-state index in [1.165, 1.54) is 50.0 Å². The number of nitrogens with one attached hydrogen (secondary N) is 1.